The van der Waals surface area contributed by atoms with Gasteiger partial charge in [-0.25, -0.2) is 5.84 Å². The number of ether oxygens (including phenoxy) is 1. The van der Waals surface area contributed by atoms with Crippen LogP contribution in [-0.4, -0.2) is 18.1 Å². The van der Waals surface area contributed by atoms with Crippen molar-refractivity contribution in [1.82, 2.24) is 5.43 Å². The third-order valence-electron chi connectivity index (χ3n) is 2.59. The van der Waals surface area contributed by atoms with Crippen LogP contribution in [0.5, 0.6) is 0 Å². The lowest BCUT2D eigenvalue weighted by atomic mass is 9.89. The zero-order valence-corrected chi connectivity index (χ0v) is 7.47. The van der Waals surface area contributed by atoms with E-state index >= 15 is 0 Å². The average Bonchev–Trinajstić information content (AvgIpc) is 2.62. The van der Waals surface area contributed by atoms with Crippen molar-refractivity contribution >= 4 is 18.3 Å². The van der Waals surface area contributed by atoms with Crippen LogP contribution in [0.25, 0.3) is 0 Å². The topological polar surface area (TPSA) is 64.3 Å². The van der Waals surface area contributed by atoms with Crippen molar-refractivity contribution in [1.29, 1.82) is 0 Å². The Morgan fingerprint density at radius 2 is 2.25 bits per heavy atom. The molecule has 4 nitrogen and oxygen atoms in total. The van der Waals surface area contributed by atoms with Crippen molar-refractivity contribution < 1.29 is 9.53 Å². The Labute approximate surface area is 77.2 Å². The van der Waals surface area contributed by atoms with Gasteiger partial charge in [-0.2, -0.15) is 0 Å². The molecular formula is C7H13ClN2O2. The Hall–Kier alpha value is -0.320. The molecule has 0 aliphatic carbocycles. The van der Waals surface area contributed by atoms with Crippen LogP contribution in [0, 0.1) is 5.92 Å². The quantitative estimate of drug-likeness (QED) is 0.348. The molecule has 2 saturated heterocycles. The molecule has 3 N–H and O–H groups in total. The number of nitrogens with two attached hydrogens (primary N) is 1. The molecule has 2 rings (SSSR count). The second-order valence-electron chi connectivity index (χ2n) is 3.22. The molecule has 0 radical (unpaired) electrons. The summed E-state index contributed by atoms with van der Waals surface area (Å²) in [5.74, 6) is 4.97. The lowest BCUT2D eigenvalue weighted by Gasteiger charge is -2.15. The number of hydrogen-bond acceptors (Lipinski definition) is 3. The van der Waals surface area contributed by atoms with E-state index in [4.69, 9.17) is 10.6 Å². The average molecular weight is 193 g/mol. The number of carbonyl (C=O) groups excluding carboxylic acids is 1. The highest BCUT2D eigenvalue weighted by atomic mass is 35.5. The zero-order valence-electron chi connectivity index (χ0n) is 6.66. The van der Waals surface area contributed by atoms with E-state index < -0.39 is 0 Å². The fourth-order valence-electron chi connectivity index (χ4n) is 2.02. The predicted molar refractivity (Wildman–Crippen MR) is 45.6 cm³/mol. The molecule has 0 aromatic heterocycles. The molecule has 2 heterocycles. The number of hydrazine groups is 1. The van der Waals surface area contributed by atoms with Gasteiger partial charge in [0.15, 0.2) is 0 Å². The number of carbonyl (C=O) groups is 1. The normalized spacial score (nSPS) is 37.6. The fraction of sp³-hybridized carbons (Fsp3) is 0.857. The highest BCUT2D eigenvalue weighted by molar-refractivity contribution is 5.85. The van der Waals surface area contributed by atoms with E-state index in [1.807, 2.05) is 0 Å². The first-order valence-corrected chi connectivity index (χ1v) is 3.97. The Morgan fingerprint density at radius 3 is 2.67 bits per heavy atom. The van der Waals surface area contributed by atoms with Gasteiger partial charge < -0.3 is 4.74 Å². The summed E-state index contributed by atoms with van der Waals surface area (Å²) in [7, 11) is 0. The first kappa shape index (κ1) is 9.77. The fourth-order valence-corrected chi connectivity index (χ4v) is 2.02. The molecule has 0 saturated carbocycles. The van der Waals surface area contributed by atoms with Gasteiger partial charge in [0.1, 0.15) is 0 Å². The van der Waals surface area contributed by atoms with Gasteiger partial charge in [-0.3, -0.25) is 10.2 Å². The molecule has 3 atom stereocenters. The van der Waals surface area contributed by atoms with Crippen molar-refractivity contribution in [2.24, 2.45) is 11.8 Å². The minimum atomic E-state index is -0.0720. The first-order chi connectivity index (χ1) is 5.31. The summed E-state index contributed by atoms with van der Waals surface area (Å²) in [6.07, 6.45) is 3.45. The minimum Gasteiger partial charge on any atom is -0.374 e. The first-order valence-electron chi connectivity index (χ1n) is 3.97. The predicted octanol–water partition coefficient (Wildman–Crippen LogP) is -0.0344. The van der Waals surface area contributed by atoms with Crippen LogP contribution < -0.4 is 11.3 Å². The molecule has 0 aromatic rings. The summed E-state index contributed by atoms with van der Waals surface area (Å²) in [6.45, 7) is 0. The lowest BCUT2D eigenvalue weighted by Crippen LogP contribution is -2.39. The summed E-state index contributed by atoms with van der Waals surface area (Å²) >= 11 is 0. The largest absolute Gasteiger partial charge is 0.374 e. The standard InChI is InChI=1S/C7H12N2O2.ClH/c8-9-7(10)5-3-4-1-2-6(5)11-4;/h4-6H,1-3,8H2,(H,9,10);1H. The Morgan fingerprint density at radius 1 is 1.50 bits per heavy atom. The molecule has 12 heavy (non-hydrogen) atoms. The Balaban J connectivity index is 0.000000720. The molecule has 70 valence electrons. The van der Waals surface area contributed by atoms with E-state index in [-0.39, 0.29) is 30.3 Å². The number of hydrogen-bond donors (Lipinski definition) is 2. The number of nitrogens with one attached hydrogen (secondary N) is 1. The van der Waals surface area contributed by atoms with Crippen LogP contribution >= 0.6 is 12.4 Å². The molecule has 0 aromatic carbocycles. The van der Waals surface area contributed by atoms with E-state index in [2.05, 4.69) is 5.43 Å². The third-order valence-corrected chi connectivity index (χ3v) is 2.59. The maximum absolute atomic E-state index is 11.1. The second-order valence-corrected chi connectivity index (χ2v) is 3.22. The van der Waals surface area contributed by atoms with Crippen LogP contribution in [-0.2, 0) is 9.53 Å². The molecule has 0 spiro atoms. The minimum absolute atomic E-state index is 0. The highest BCUT2D eigenvalue weighted by Crippen LogP contribution is 2.38. The van der Waals surface area contributed by atoms with Crippen LogP contribution in [0.15, 0.2) is 0 Å². The maximum atomic E-state index is 11.1. The number of halogens is 1. The molecule has 3 unspecified atom stereocenters. The number of fused-ring (bicyclic) bond motifs is 2. The molecular weight excluding hydrogens is 180 g/mol. The third kappa shape index (κ3) is 1.42. The smallest absolute Gasteiger partial charge is 0.239 e. The van der Waals surface area contributed by atoms with Gasteiger partial charge in [-0.05, 0) is 19.3 Å². The van der Waals surface area contributed by atoms with Gasteiger partial charge in [0.25, 0.3) is 0 Å². The van der Waals surface area contributed by atoms with Gasteiger partial charge >= 0.3 is 0 Å². The Kier molecular flexibility index (Phi) is 2.93. The van der Waals surface area contributed by atoms with Gasteiger partial charge in [0.2, 0.25) is 5.91 Å². The summed E-state index contributed by atoms with van der Waals surface area (Å²) < 4.78 is 5.49. The van der Waals surface area contributed by atoms with Gasteiger partial charge in [0.05, 0.1) is 18.1 Å². The zero-order chi connectivity index (χ0) is 7.84. The van der Waals surface area contributed by atoms with E-state index in [0.717, 1.165) is 19.3 Å². The van der Waals surface area contributed by atoms with Crippen molar-refractivity contribution in [3.05, 3.63) is 0 Å². The number of rotatable bonds is 1. The Bertz CT molecular complexity index is 188. The summed E-state index contributed by atoms with van der Waals surface area (Å²) in [4.78, 5) is 11.1. The summed E-state index contributed by atoms with van der Waals surface area (Å²) in [5.41, 5.74) is 2.17. The van der Waals surface area contributed by atoms with Crippen LogP contribution in [0.3, 0.4) is 0 Å². The van der Waals surface area contributed by atoms with E-state index in [1.165, 1.54) is 0 Å². The van der Waals surface area contributed by atoms with Crippen molar-refractivity contribution in [2.75, 3.05) is 0 Å². The van der Waals surface area contributed by atoms with Crippen LogP contribution in [0.2, 0.25) is 0 Å². The highest BCUT2D eigenvalue weighted by Gasteiger charge is 2.44. The van der Waals surface area contributed by atoms with Gasteiger partial charge in [0, 0.05) is 0 Å². The van der Waals surface area contributed by atoms with E-state index in [1.54, 1.807) is 0 Å². The van der Waals surface area contributed by atoms with Crippen LogP contribution in [0.1, 0.15) is 19.3 Å². The summed E-state index contributed by atoms with van der Waals surface area (Å²) in [5, 5.41) is 0. The van der Waals surface area contributed by atoms with Crippen molar-refractivity contribution in [2.45, 2.75) is 31.5 Å². The molecule has 2 fully saturated rings. The molecule has 5 heteroatoms. The van der Waals surface area contributed by atoms with Crippen molar-refractivity contribution in [3.8, 4) is 0 Å². The molecule has 2 aliphatic heterocycles. The maximum Gasteiger partial charge on any atom is 0.239 e. The van der Waals surface area contributed by atoms with Crippen molar-refractivity contribution in [3.63, 3.8) is 0 Å². The molecule has 1 amide bonds. The lowest BCUT2D eigenvalue weighted by molar-refractivity contribution is -0.126. The molecule has 2 aliphatic rings. The van der Waals surface area contributed by atoms with Gasteiger partial charge in [-0.15, -0.1) is 12.4 Å². The SMILES string of the molecule is Cl.NNC(=O)C1CC2CCC1O2. The molecule has 2 bridgehead atoms. The summed E-state index contributed by atoms with van der Waals surface area (Å²) in [6, 6.07) is 0. The number of amides is 1. The van der Waals surface area contributed by atoms with Gasteiger partial charge in [-0.1, -0.05) is 0 Å². The van der Waals surface area contributed by atoms with Crippen LogP contribution in [0.4, 0.5) is 0 Å². The monoisotopic (exact) mass is 192 g/mol. The second kappa shape index (κ2) is 3.60. The van der Waals surface area contributed by atoms with E-state index in [9.17, 15) is 4.79 Å². The van der Waals surface area contributed by atoms with E-state index in [0.29, 0.717) is 6.10 Å².